The number of unbranched alkanes of at least 4 members (excludes halogenated alkanes) is 2. The lowest BCUT2D eigenvalue weighted by molar-refractivity contribution is -0.136. The summed E-state index contributed by atoms with van der Waals surface area (Å²) in [5, 5.41) is 8.41. The highest BCUT2D eigenvalue weighted by molar-refractivity contribution is 7.91. The fraction of sp³-hybridized carbons (Fsp3) is 0.917. The molecule has 102 valence electrons. The molecule has 0 atom stereocenters. The van der Waals surface area contributed by atoms with Gasteiger partial charge in [0.25, 0.3) is 0 Å². The number of hydrogen-bond donors (Lipinski definition) is 1. The van der Waals surface area contributed by atoms with Gasteiger partial charge in [-0.25, -0.2) is 8.42 Å². The van der Waals surface area contributed by atoms with Gasteiger partial charge in [0.2, 0.25) is 0 Å². The molecule has 0 saturated carbocycles. The van der Waals surface area contributed by atoms with Crippen LogP contribution in [-0.4, -0.2) is 31.0 Å². The van der Waals surface area contributed by atoms with Crippen LogP contribution in [-0.2, 0) is 14.6 Å². The van der Waals surface area contributed by atoms with Crippen molar-refractivity contribution in [3.8, 4) is 0 Å². The van der Waals surface area contributed by atoms with Gasteiger partial charge in [0.15, 0.2) is 9.84 Å². The summed E-state index contributed by atoms with van der Waals surface area (Å²) in [6.07, 6.45) is 3.35. The van der Waals surface area contributed by atoms with Crippen molar-refractivity contribution in [2.45, 2.75) is 52.9 Å². The molecule has 0 aliphatic carbocycles. The Hall–Kier alpha value is -0.580. The summed E-state index contributed by atoms with van der Waals surface area (Å²) in [6.45, 7) is 6.49. The third kappa shape index (κ3) is 11.7. The van der Waals surface area contributed by atoms with Gasteiger partial charge >= 0.3 is 5.97 Å². The minimum absolute atomic E-state index is 0.115. The Balaban J connectivity index is 3.70. The predicted molar refractivity (Wildman–Crippen MR) is 68.8 cm³/mol. The first-order valence-corrected chi connectivity index (χ1v) is 7.87. The van der Waals surface area contributed by atoms with Gasteiger partial charge in [0.05, 0.1) is 17.9 Å². The predicted octanol–water partition coefficient (Wildman–Crippen LogP) is 2.48. The number of carbonyl (C=O) groups is 1. The quantitative estimate of drug-likeness (QED) is 0.684. The average Bonchev–Trinajstić information content (AvgIpc) is 2.12. The zero-order valence-corrected chi connectivity index (χ0v) is 11.8. The largest absolute Gasteiger partial charge is 0.481 e. The zero-order valence-electron chi connectivity index (χ0n) is 11.0. The molecule has 0 rings (SSSR count). The van der Waals surface area contributed by atoms with Crippen LogP contribution in [0.15, 0.2) is 0 Å². The summed E-state index contributed by atoms with van der Waals surface area (Å²) in [4.78, 5) is 10.3. The molecule has 0 radical (unpaired) electrons. The Kier molecular flexibility index (Phi) is 6.75. The highest BCUT2D eigenvalue weighted by Gasteiger charge is 2.13. The molecule has 0 aromatic rings. The van der Waals surface area contributed by atoms with Gasteiger partial charge in [-0.1, -0.05) is 33.6 Å². The fourth-order valence-electron chi connectivity index (χ4n) is 1.50. The van der Waals surface area contributed by atoms with E-state index in [0.29, 0.717) is 11.8 Å². The minimum atomic E-state index is -3.17. The molecular formula is C12H24O4S. The molecule has 17 heavy (non-hydrogen) atoms. The van der Waals surface area contributed by atoms with Crippen LogP contribution in [0.2, 0.25) is 0 Å². The molecular weight excluding hydrogens is 240 g/mol. The normalized spacial score (nSPS) is 12.6. The van der Waals surface area contributed by atoms with Crippen molar-refractivity contribution in [1.82, 2.24) is 0 Å². The van der Waals surface area contributed by atoms with Gasteiger partial charge in [0, 0.05) is 0 Å². The monoisotopic (exact) mass is 264 g/mol. The smallest absolute Gasteiger partial charge is 0.304 e. The standard InChI is InChI=1S/C12H24O4S/c1-12(2,3)8-5-4-6-9-17(15,16)10-7-11(13)14/h4-10H2,1-3H3,(H,13,14). The van der Waals surface area contributed by atoms with Crippen molar-refractivity contribution in [1.29, 1.82) is 0 Å². The maximum atomic E-state index is 11.4. The summed E-state index contributed by atoms with van der Waals surface area (Å²) < 4.78 is 22.9. The molecule has 1 N–H and O–H groups in total. The van der Waals surface area contributed by atoms with Crippen molar-refractivity contribution in [2.24, 2.45) is 5.41 Å². The van der Waals surface area contributed by atoms with Crippen molar-refractivity contribution in [3.05, 3.63) is 0 Å². The van der Waals surface area contributed by atoms with E-state index in [0.717, 1.165) is 19.3 Å². The van der Waals surface area contributed by atoms with Crippen molar-refractivity contribution < 1.29 is 18.3 Å². The molecule has 0 aliphatic rings. The molecule has 0 saturated heterocycles. The summed E-state index contributed by atoms with van der Waals surface area (Å²) in [5.41, 5.74) is 0.294. The van der Waals surface area contributed by atoms with Gasteiger partial charge in [-0.3, -0.25) is 4.79 Å². The van der Waals surface area contributed by atoms with Crippen LogP contribution in [0.5, 0.6) is 0 Å². The van der Waals surface area contributed by atoms with Gasteiger partial charge in [-0.2, -0.15) is 0 Å². The summed E-state index contributed by atoms with van der Waals surface area (Å²) >= 11 is 0. The van der Waals surface area contributed by atoms with E-state index in [1.54, 1.807) is 0 Å². The van der Waals surface area contributed by atoms with Gasteiger partial charge < -0.3 is 5.11 Å². The highest BCUT2D eigenvalue weighted by atomic mass is 32.2. The van der Waals surface area contributed by atoms with Crippen LogP contribution in [0.25, 0.3) is 0 Å². The van der Waals surface area contributed by atoms with E-state index >= 15 is 0 Å². The number of hydrogen-bond acceptors (Lipinski definition) is 3. The second kappa shape index (κ2) is 6.99. The number of sulfone groups is 1. The second-order valence-electron chi connectivity index (χ2n) is 5.67. The SMILES string of the molecule is CC(C)(C)CCCCCS(=O)(=O)CCC(=O)O. The van der Waals surface area contributed by atoms with Gasteiger partial charge in [-0.15, -0.1) is 0 Å². The molecule has 0 amide bonds. The number of aliphatic carboxylic acids is 1. The van der Waals surface area contributed by atoms with Crippen LogP contribution in [0.4, 0.5) is 0 Å². The number of carboxylic acids is 1. The third-order valence-corrected chi connectivity index (χ3v) is 4.25. The molecule has 0 heterocycles. The Morgan fingerprint density at radius 3 is 2.12 bits per heavy atom. The van der Waals surface area contributed by atoms with E-state index < -0.39 is 15.8 Å². The minimum Gasteiger partial charge on any atom is -0.481 e. The van der Waals surface area contributed by atoms with Gasteiger partial charge in [0.1, 0.15) is 0 Å². The fourth-order valence-corrected chi connectivity index (χ4v) is 2.83. The van der Waals surface area contributed by atoms with Crippen molar-refractivity contribution in [3.63, 3.8) is 0 Å². The van der Waals surface area contributed by atoms with E-state index in [9.17, 15) is 13.2 Å². The zero-order chi connectivity index (χ0) is 13.5. The molecule has 0 unspecified atom stereocenters. The van der Waals surface area contributed by atoms with E-state index in [-0.39, 0.29) is 17.9 Å². The first-order valence-electron chi connectivity index (χ1n) is 6.05. The Bertz CT molecular complexity index is 325. The molecule has 0 spiro atoms. The molecule has 0 aromatic carbocycles. The molecule has 0 aromatic heterocycles. The first-order chi connectivity index (χ1) is 7.62. The van der Waals surface area contributed by atoms with E-state index in [4.69, 9.17) is 5.11 Å². The summed E-state index contributed by atoms with van der Waals surface area (Å²) in [5.74, 6) is -1.17. The maximum absolute atomic E-state index is 11.4. The highest BCUT2D eigenvalue weighted by Crippen LogP contribution is 2.22. The lowest BCUT2D eigenvalue weighted by Crippen LogP contribution is -2.14. The van der Waals surface area contributed by atoms with E-state index in [1.165, 1.54) is 0 Å². The summed E-state index contributed by atoms with van der Waals surface area (Å²) in [6, 6.07) is 0. The lowest BCUT2D eigenvalue weighted by atomic mass is 9.90. The third-order valence-electron chi connectivity index (χ3n) is 2.51. The van der Waals surface area contributed by atoms with Crippen LogP contribution >= 0.6 is 0 Å². The molecule has 5 heteroatoms. The van der Waals surface area contributed by atoms with Crippen LogP contribution < -0.4 is 0 Å². The van der Waals surface area contributed by atoms with Crippen molar-refractivity contribution in [2.75, 3.05) is 11.5 Å². The van der Waals surface area contributed by atoms with E-state index in [2.05, 4.69) is 20.8 Å². The Morgan fingerprint density at radius 1 is 1.06 bits per heavy atom. The van der Waals surface area contributed by atoms with Crippen LogP contribution in [0.1, 0.15) is 52.9 Å². The molecule has 0 fully saturated rings. The van der Waals surface area contributed by atoms with Crippen LogP contribution in [0.3, 0.4) is 0 Å². The topological polar surface area (TPSA) is 71.4 Å². The number of carboxylic acid groups (broad SMARTS) is 1. The second-order valence-corrected chi connectivity index (χ2v) is 7.97. The summed E-state index contributed by atoms with van der Waals surface area (Å²) in [7, 11) is -3.17. The average molecular weight is 264 g/mol. The van der Waals surface area contributed by atoms with Crippen molar-refractivity contribution >= 4 is 15.8 Å². The Morgan fingerprint density at radius 2 is 1.65 bits per heavy atom. The molecule has 0 bridgehead atoms. The first kappa shape index (κ1) is 16.4. The Labute approximate surface area is 104 Å². The van der Waals surface area contributed by atoms with Crippen LogP contribution in [0, 0.1) is 5.41 Å². The molecule has 4 nitrogen and oxygen atoms in total. The maximum Gasteiger partial charge on any atom is 0.304 e. The number of rotatable bonds is 8. The molecule has 0 aliphatic heterocycles. The van der Waals surface area contributed by atoms with Gasteiger partial charge in [-0.05, 0) is 18.3 Å². The van der Waals surface area contributed by atoms with E-state index in [1.807, 2.05) is 0 Å². The lowest BCUT2D eigenvalue weighted by Gasteiger charge is -2.17.